The van der Waals surface area contributed by atoms with Crippen LogP contribution in [-0.2, 0) is 11.2 Å². The van der Waals surface area contributed by atoms with Gasteiger partial charge in [-0.2, -0.15) is 0 Å². The van der Waals surface area contributed by atoms with Crippen molar-refractivity contribution in [2.45, 2.75) is 32.8 Å². The van der Waals surface area contributed by atoms with Gasteiger partial charge in [0, 0.05) is 25.5 Å². The normalized spacial score (nSPS) is 12.6. The lowest BCUT2D eigenvalue weighted by molar-refractivity contribution is 0.0648. The molecule has 3 nitrogen and oxygen atoms in total. The lowest BCUT2D eigenvalue weighted by Gasteiger charge is -2.13. The Morgan fingerprint density at radius 3 is 2.81 bits per heavy atom. The highest BCUT2D eigenvalue weighted by Crippen LogP contribution is 2.01. The van der Waals surface area contributed by atoms with Gasteiger partial charge < -0.3 is 10.1 Å². The molecule has 16 heavy (non-hydrogen) atoms. The minimum Gasteiger partial charge on any atom is -0.377 e. The van der Waals surface area contributed by atoms with E-state index in [-0.39, 0.29) is 0 Å². The van der Waals surface area contributed by atoms with E-state index in [4.69, 9.17) is 4.74 Å². The fourth-order valence-corrected chi connectivity index (χ4v) is 1.52. The van der Waals surface area contributed by atoms with Crippen LogP contribution in [0.5, 0.6) is 0 Å². The first-order valence-electron chi connectivity index (χ1n) is 6.04. The summed E-state index contributed by atoms with van der Waals surface area (Å²) in [4.78, 5) is 4.00. The third-order valence-electron chi connectivity index (χ3n) is 2.44. The molecule has 0 spiro atoms. The number of rotatable bonds is 8. The molecule has 1 unspecified atom stereocenters. The van der Waals surface area contributed by atoms with Crippen molar-refractivity contribution >= 4 is 0 Å². The number of aryl methyl sites for hydroxylation is 1. The van der Waals surface area contributed by atoms with E-state index in [0.29, 0.717) is 6.10 Å². The molecule has 0 aliphatic carbocycles. The Morgan fingerprint density at radius 2 is 2.12 bits per heavy atom. The van der Waals surface area contributed by atoms with Gasteiger partial charge in [-0.15, -0.1) is 0 Å². The average molecular weight is 222 g/mol. The maximum Gasteiger partial charge on any atom is 0.0671 e. The van der Waals surface area contributed by atoms with Gasteiger partial charge in [0.1, 0.15) is 0 Å². The molecule has 0 bridgehead atoms. The Bertz CT molecular complexity index is 264. The van der Waals surface area contributed by atoms with Gasteiger partial charge in [0.25, 0.3) is 0 Å². The van der Waals surface area contributed by atoms with Crippen molar-refractivity contribution in [2.75, 3.05) is 19.7 Å². The molecule has 1 rings (SSSR count). The lowest BCUT2D eigenvalue weighted by atomic mass is 10.1. The highest BCUT2D eigenvalue weighted by atomic mass is 16.5. The predicted molar refractivity (Wildman–Crippen MR) is 66.5 cm³/mol. The zero-order valence-electron chi connectivity index (χ0n) is 10.3. The topological polar surface area (TPSA) is 34.1 Å². The van der Waals surface area contributed by atoms with Crippen LogP contribution in [0, 0.1) is 0 Å². The summed E-state index contributed by atoms with van der Waals surface area (Å²) < 4.78 is 5.69. The van der Waals surface area contributed by atoms with Gasteiger partial charge in [-0.25, -0.2) is 0 Å². The van der Waals surface area contributed by atoms with Crippen LogP contribution < -0.4 is 5.32 Å². The van der Waals surface area contributed by atoms with E-state index in [0.717, 1.165) is 32.5 Å². The van der Waals surface area contributed by atoms with E-state index in [9.17, 15) is 0 Å². The Balaban J connectivity index is 2.03. The number of nitrogens with zero attached hydrogens (tertiary/aromatic N) is 1. The largest absolute Gasteiger partial charge is 0.377 e. The molecule has 0 amide bonds. The molecule has 1 aromatic rings. The Morgan fingerprint density at radius 1 is 1.38 bits per heavy atom. The Labute approximate surface area is 98.2 Å². The van der Waals surface area contributed by atoms with Crippen molar-refractivity contribution in [3.8, 4) is 0 Å². The van der Waals surface area contributed by atoms with Gasteiger partial charge in [0.05, 0.1) is 6.10 Å². The molecular weight excluding hydrogens is 200 g/mol. The summed E-state index contributed by atoms with van der Waals surface area (Å²) in [7, 11) is 0. The lowest BCUT2D eigenvalue weighted by Crippen LogP contribution is -2.26. The summed E-state index contributed by atoms with van der Waals surface area (Å²) in [6.07, 6.45) is 6.11. The quantitative estimate of drug-likeness (QED) is 0.683. The van der Waals surface area contributed by atoms with Crippen molar-refractivity contribution < 1.29 is 4.74 Å². The molecule has 0 aliphatic rings. The number of aromatic nitrogens is 1. The number of pyridine rings is 1. The fraction of sp³-hybridized carbons (Fsp3) is 0.615. The second-order valence-electron chi connectivity index (χ2n) is 3.95. The first-order valence-corrected chi connectivity index (χ1v) is 6.04. The van der Waals surface area contributed by atoms with E-state index in [1.54, 1.807) is 0 Å². The second-order valence-corrected chi connectivity index (χ2v) is 3.95. The summed E-state index contributed by atoms with van der Waals surface area (Å²) in [6.45, 7) is 6.98. The van der Waals surface area contributed by atoms with E-state index in [1.165, 1.54) is 5.56 Å². The van der Waals surface area contributed by atoms with Gasteiger partial charge in [-0.3, -0.25) is 4.98 Å². The maximum atomic E-state index is 5.69. The molecule has 0 saturated carbocycles. The molecule has 1 aromatic heterocycles. The third kappa shape index (κ3) is 5.83. The molecule has 0 aromatic carbocycles. The van der Waals surface area contributed by atoms with Gasteiger partial charge in [0.2, 0.25) is 0 Å². The van der Waals surface area contributed by atoms with Crippen LogP contribution in [0.1, 0.15) is 25.8 Å². The molecule has 0 aliphatic heterocycles. The number of likely N-dealkylation sites (N-methyl/N-ethyl adjacent to an activating group) is 1. The van der Waals surface area contributed by atoms with Crippen LogP contribution in [0.4, 0.5) is 0 Å². The third-order valence-corrected chi connectivity index (χ3v) is 2.44. The maximum absolute atomic E-state index is 5.69. The fourth-order valence-electron chi connectivity index (χ4n) is 1.52. The van der Waals surface area contributed by atoms with Crippen LogP contribution in [0.15, 0.2) is 24.5 Å². The molecule has 3 heteroatoms. The summed E-state index contributed by atoms with van der Waals surface area (Å²) >= 11 is 0. The van der Waals surface area contributed by atoms with Crippen molar-refractivity contribution in [1.82, 2.24) is 10.3 Å². The molecule has 90 valence electrons. The van der Waals surface area contributed by atoms with Crippen molar-refractivity contribution in [3.63, 3.8) is 0 Å². The molecule has 1 atom stereocenters. The first-order chi connectivity index (χ1) is 7.83. The summed E-state index contributed by atoms with van der Waals surface area (Å²) in [6, 6.07) is 4.12. The summed E-state index contributed by atoms with van der Waals surface area (Å²) in [5.74, 6) is 0. The Hall–Kier alpha value is -0.930. The van der Waals surface area contributed by atoms with Gasteiger partial charge >= 0.3 is 0 Å². The smallest absolute Gasteiger partial charge is 0.0671 e. The van der Waals surface area contributed by atoms with Crippen LogP contribution in [0.25, 0.3) is 0 Å². The zero-order chi connectivity index (χ0) is 11.6. The van der Waals surface area contributed by atoms with Crippen LogP contribution in [0.3, 0.4) is 0 Å². The van der Waals surface area contributed by atoms with E-state index >= 15 is 0 Å². The van der Waals surface area contributed by atoms with Crippen LogP contribution >= 0.6 is 0 Å². The number of hydrogen-bond donors (Lipinski definition) is 1. The average Bonchev–Trinajstić information content (AvgIpc) is 2.33. The van der Waals surface area contributed by atoms with Gasteiger partial charge in [-0.05, 0) is 44.0 Å². The number of hydrogen-bond acceptors (Lipinski definition) is 3. The van der Waals surface area contributed by atoms with Gasteiger partial charge in [0.15, 0.2) is 0 Å². The summed E-state index contributed by atoms with van der Waals surface area (Å²) in [5.41, 5.74) is 1.33. The molecule has 0 fully saturated rings. The molecule has 1 N–H and O–H groups in total. The van der Waals surface area contributed by atoms with E-state index in [1.807, 2.05) is 12.4 Å². The number of nitrogens with one attached hydrogen (secondary N) is 1. The minimum atomic E-state index is 0.303. The van der Waals surface area contributed by atoms with Crippen LogP contribution in [0.2, 0.25) is 0 Å². The van der Waals surface area contributed by atoms with E-state index < -0.39 is 0 Å². The Kier molecular flexibility index (Phi) is 6.77. The monoisotopic (exact) mass is 222 g/mol. The first kappa shape index (κ1) is 13.1. The summed E-state index contributed by atoms with van der Waals surface area (Å²) in [5, 5.41) is 3.27. The molecule has 1 heterocycles. The van der Waals surface area contributed by atoms with Crippen molar-refractivity contribution in [3.05, 3.63) is 30.1 Å². The highest BCUT2D eigenvalue weighted by molar-refractivity contribution is 5.09. The van der Waals surface area contributed by atoms with Crippen molar-refractivity contribution in [1.29, 1.82) is 0 Å². The highest BCUT2D eigenvalue weighted by Gasteiger charge is 2.00. The molecule has 0 saturated heterocycles. The SMILES string of the molecule is CCNCC(C)OCCCc1ccncc1. The van der Waals surface area contributed by atoms with Crippen LogP contribution in [-0.4, -0.2) is 30.8 Å². The van der Waals surface area contributed by atoms with Gasteiger partial charge in [-0.1, -0.05) is 6.92 Å². The standard InChI is InChI=1S/C13H22N2O/c1-3-14-11-12(2)16-10-4-5-13-6-8-15-9-7-13/h6-9,12,14H,3-5,10-11H2,1-2H3. The molecular formula is C13H22N2O. The minimum absolute atomic E-state index is 0.303. The molecule has 0 radical (unpaired) electrons. The van der Waals surface area contributed by atoms with Crippen molar-refractivity contribution in [2.24, 2.45) is 0 Å². The number of ether oxygens (including phenoxy) is 1. The second kappa shape index (κ2) is 8.25. The predicted octanol–water partition coefficient (Wildman–Crippen LogP) is 2.03. The van der Waals surface area contributed by atoms with E-state index in [2.05, 4.69) is 36.3 Å². The zero-order valence-corrected chi connectivity index (χ0v) is 10.3.